The Bertz CT molecular complexity index is 1340. The van der Waals surface area contributed by atoms with Crippen LogP contribution in [0.4, 0.5) is 5.69 Å². The predicted octanol–water partition coefficient (Wildman–Crippen LogP) is 2.30. The molecular formula is C22H22N6O3. The third-order valence-electron chi connectivity index (χ3n) is 5.63. The highest BCUT2D eigenvalue weighted by molar-refractivity contribution is 6.11. The second-order valence-electron chi connectivity index (χ2n) is 7.56. The van der Waals surface area contributed by atoms with Gasteiger partial charge in [0, 0.05) is 18.1 Å². The molecule has 0 bridgehead atoms. The number of methoxy groups -OCH3 is 1. The van der Waals surface area contributed by atoms with E-state index in [1.54, 1.807) is 30.3 Å². The van der Waals surface area contributed by atoms with Gasteiger partial charge in [0.1, 0.15) is 11.3 Å². The van der Waals surface area contributed by atoms with Gasteiger partial charge in [-0.05, 0) is 44.1 Å². The number of hydrogen-bond acceptors (Lipinski definition) is 6. The summed E-state index contributed by atoms with van der Waals surface area (Å²) in [7, 11) is 1.50. The van der Waals surface area contributed by atoms with Crippen molar-refractivity contribution in [3.63, 3.8) is 0 Å². The summed E-state index contributed by atoms with van der Waals surface area (Å²) in [4.78, 5) is 32.4. The van der Waals surface area contributed by atoms with Gasteiger partial charge in [0.2, 0.25) is 5.88 Å². The number of rotatable bonds is 4. The maximum Gasteiger partial charge on any atom is 0.274 e. The van der Waals surface area contributed by atoms with Crippen molar-refractivity contribution in [1.29, 1.82) is 0 Å². The summed E-state index contributed by atoms with van der Waals surface area (Å²) in [6.45, 7) is 1.82. The number of nitrogens with one attached hydrogen (secondary N) is 3. The monoisotopic (exact) mass is 418 g/mol. The molecule has 1 saturated heterocycles. The van der Waals surface area contributed by atoms with Crippen LogP contribution < -0.4 is 20.9 Å². The quantitative estimate of drug-likeness (QED) is 0.469. The molecule has 4 heterocycles. The first-order valence-corrected chi connectivity index (χ1v) is 10.2. The molecule has 1 aliphatic rings. The molecule has 0 saturated carbocycles. The summed E-state index contributed by atoms with van der Waals surface area (Å²) in [6, 6.07) is 12.1. The summed E-state index contributed by atoms with van der Waals surface area (Å²) < 4.78 is 6.91. The molecule has 0 radical (unpaired) electrons. The van der Waals surface area contributed by atoms with Gasteiger partial charge in [-0.1, -0.05) is 12.1 Å². The van der Waals surface area contributed by atoms with Crippen molar-refractivity contribution in [3.05, 3.63) is 64.2 Å². The van der Waals surface area contributed by atoms with Crippen LogP contribution in [0.1, 0.15) is 34.9 Å². The summed E-state index contributed by atoms with van der Waals surface area (Å²) in [5, 5.41) is 11.7. The molecule has 3 aromatic heterocycles. The Labute approximate surface area is 177 Å². The number of carbonyl (C=O) groups excluding carboxylic acids is 1. The van der Waals surface area contributed by atoms with Gasteiger partial charge < -0.3 is 20.4 Å². The topological polar surface area (TPSA) is 113 Å². The molecule has 9 heteroatoms. The summed E-state index contributed by atoms with van der Waals surface area (Å²) in [5.74, 6) is 0.236. The minimum absolute atomic E-state index is 0.182. The predicted molar refractivity (Wildman–Crippen MR) is 117 cm³/mol. The van der Waals surface area contributed by atoms with E-state index in [0.29, 0.717) is 28.1 Å². The lowest BCUT2D eigenvalue weighted by molar-refractivity contribution is 0.102. The molecule has 4 aromatic rings. The van der Waals surface area contributed by atoms with E-state index < -0.39 is 0 Å². The van der Waals surface area contributed by atoms with Crippen LogP contribution >= 0.6 is 0 Å². The van der Waals surface area contributed by atoms with E-state index in [2.05, 4.69) is 20.6 Å². The van der Waals surface area contributed by atoms with E-state index in [4.69, 9.17) is 9.84 Å². The number of H-pyrrole nitrogens is 1. The van der Waals surface area contributed by atoms with E-state index in [1.807, 2.05) is 16.6 Å². The van der Waals surface area contributed by atoms with Crippen LogP contribution in [-0.2, 0) is 0 Å². The molecule has 0 atom stereocenters. The average molecular weight is 418 g/mol. The van der Waals surface area contributed by atoms with Crippen LogP contribution in [0.25, 0.3) is 16.6 Å². The first-order chi connectivity index (χ1) is 15.1. The molecular weight excluding hydrogens is 396 g/mol. The van der Waals surface area contributed by atoms with Crippen molar-refractivity contribution in [2.45, 2.75) is 18.8 Å². The smallest absolute Gasteiger partial charge is 0.274 e. The molecule has 9 nitrogen and oxygen atoms in total. The molecule has 5 rings (SSSR count). The molecule has 3 N–H and O–H groups in total. The van der Waals surface area contributed by atoms with E-state index in [1.165, 1.54) is 7.11 Å². The molecule has 158 valence electrons. The number of benzene rings is 1. The van der Waals surface area contributed by atoms with Crippen molar-refractivity contribution < 1.29 is 9.53 Å². The number of aromatic nitrogens is 4. The maximum atomic E-state index is 12.8. The highest BCUT2D eigenvalue weighted by Gasteiger charge is 2.22. The largest absolute Gasteiger partial charge is 0.481 e. The van der Waals surface area contributed by atoms with Gasteiger partial charge in [-0.2, -0.15) is 5.10 Å². The van der Waals surface area contributed by atoms with Crippen molar-refractivity contribution in [3.8, 4) is 5.88 Å². The number of amides is 1. The van der Waals surface area contributed by atoms with Gasteiger partial charge in [0.25, 0.3) is 11.5 Å². The van der Waals surface area contributed by atoms with Crippen LogP contribution in [0, 0.1) is 0 Å². The van der Waals surface area contributed by atoms with E-state index in [9.17, 15) is 9.59 Å². The highest BCUT2D eigenvalue weighted by Crippen LogP contribution is 2.30. The molecule has 1 fully saturated rings. The van der Waals surface area contributed by atoms with Crippen molar-refractivity contribution >= 4 is 28.1 Å². The number of anilines is 1. The van der Waals surface area contributed by atoms with E-state index in [-0.39, 0.29) is 23.1 Å². The SMILES string of the molecule is COc1cccc(C(=O)Nc2cccc3nn4c(C5CCNCC5)cc(=O)[nH]c4c23)n1. The van der Waals surface area contributed by atoms with Crippen LogP contribution in [0.2, 0.25) is 0 Å². The van der Waals surface area contributed by atoms with Gasteiger partial charge in [-0.3, -0.25) is 9.59 Å². The number of ether oxygens (including phenoxy) is 1. The fourth-order valence-electron chi connectivity index (χ4n) is 4.14. The number of hydrogen-bond donors (Lipinski definition) is 3. The minimum Gasteiger partial charge on any atom is -0.481 e. The molecule has 31 heavy (non-hydrogen) atoms. The Morgan fingerprint density at radius 1 is 1.19 bits per heavy atom. The summed E-state index contributed by atoms with van der Waals surface area (Å²) in [6.07, 6.45) is 1.89. The Morgan fingerprint density at radius 3 is 2.81 bits per heavy atom. The lowest BCUT2D eigenvalue weighted by Crippen LogP contribution is -2.28. The van der Waals surface area contributed by atoms with Crippen molar-refractivity contribution in [2.75, 3.05) is 25.5 Å². The molecule has 0 unspecified atom stereocenters. The lowest BCUT2D eigenvalue weighted by atomic mass is 9.94. The third-order valence-corrected chi connectivity index (χ3v) is 5.63. The number of nitrogens with zero attached hydrogens (tertiary/aromatic N) is 3. The molecule has 1 aliphatic heterocycles. The normalized spacial score (nSPS) is 14.7. The number of fused-ring (bicyclic) bond motifs is 3. The fraction of sp³-hybridized carbons (Fsp3) is 0.273. The van der Waals surface area contributed by atoms with Gasteiger partial charge >= 0.3 is 0 Å². The van der Waals surface area contributed by atoms with E-state index >= 15 is 0 Å². The van der Waals surface area contributed by atoms with E-state index in [0.717, 1.165) is 31.6 Å². The molecule has 1 amide bonds. The zero-order valence-electron chi connectivity index (χ0n) is 17.0. The Kier molecular flexibility index (Phi) is 4.87. The van der Waals surface area contributed by atoms with Gasteiger partial charge in [-0.15, -0.1) is 0 Å². The average Bonchev–Trinajstić information content (AvgIpc) is 3.18. The molecule has 0 spiro atoms. The van der Waals surface area contributed by atoms with Crippen molar-refractivity contribution in [1.82, 2.24) is 24.9 Å². The summed E-state index contributed by atoms with van der Waals surface area (Å²) >= 11 is 0. The Hall–Kier alpha value is -3.72. The molecule has 0 aliphatic carbocycles. The first-order valence-electron chi connectivity index (χ1n) is 10.2. The zero-order valence-corrected chi connectivity index (χ0v) is 17.0. The second kappa shape index (κ2) is 7.84. The first kappa shape index (κ1) is 19.3. The molecule has 1 aromatic carbocycles. The Balaban J connectivity index is 1.61. The number of aromatic amines is 1. The lowest BCUT2D eigenvalue weighted by Gasteiger charge is -2.23. The van der Waals surface area contributed by atoms with Gasteiger partial charge in [0.15, 0.2) is 0 Å². The second-order valence-corrected chi connectivity index (χ2v) is 7.56. The number of pyridine rings is 1. The standard InChI is InChI=1S/C22H22N6O3/c1-31-19-7-3-6-16(24-19)22(30)25-14-4-2-5-15-20(14)21-26-18(29)12-17(28(21)27-15)13-8-10-23-11-9-13/h2-7,12-13,23H,8-11H2,1H3,(H,25,30)(H,26,29). The number of carbonyl (C=O) groups is 1. The van der Waals surface area contributed by atoms with Crippen LogP contribution in [0.5, 0.6) is 5.88 Å². The van der Waals surface area contributed by atoms with Crippen LogP contribution in [-0.4, -0.2) is 45.7 Å². The fourth-order valence-corrected chi connectivity index (χ4v) is 4.14. The Morgan fingerprint density at radius 2 is 2.00 bits per heavy atom. The van der Waals surface area contributed by atoms with Gasteiger partial charge in [-0.25, -0.2) is 9.50 Å². The highest BCUT2D eigenvalue weighted by atomic mass is 16.5. The van der Waals surface area contributed by atoms with Crippen LogP contribution in [0.15, 0.2) is 47.3 Å². The summed E-state index contributed by atoms with van der Waals surface area (Å²) in [5.41, 5.74) is 2.76. The van der Waals surface area contributed by atoms with Crippen molar-refractivity contribution in [2.24, 2.45) is 0 Å². The van der Waals surface area contributed by atoms with Crippen LogP contribution in [0.3, 0.4) is 0 Å². The zero-order chi connectivity index (χ0) is 21.4. The van der Waals surface area contributed by atoms with Gasteiger partial charge in [0.05, 0.1) is 29.4 Å². The third kappa shape index (κ3) is 3.53. The number of piperidine rings is 1. The minimum atomic E-state index is -0.373. The maximum absolute atomic E-state index is 12.8.